The summed E-state index contributed by atoms with van der Waals surface area (Å²) in [4.78, 5) is 10.4. The quantitative estimate of drug-likeness (QED) is 0.161. The SMILES string of the molecule is c1ccc(-c2nc(-c3ccc(-c4ccc(-c5cc6ccc7cccc8c9cccc%10ccc%11cccc(c(c5)c6c78)c%11c%109)cc4)cc3)cc(-c3cccc4sc5ccccc5c34)n2)cc1. The predicted octanol–water partition coefficient (Wildman–Crippen LogP) is 17.5. The lowest BCUT2D eigenvalue weighted by atomic mass is 9.86. The molecule has 0 radical (unpaired) electrons. The summed E-state index contributed by atoms with van der Waals surface area (Å²) in [7, 11) is 0. The first kappa shape index (κ1) is 36.3. The normalized spacial score (nSPS) is 12.0. The summed E-state index contributed by atoms with van der Waals surface area (Å²) in [6.45, 7) is 0. The van der Waals surface area contributed by atoms with E-state index < -0.39 is 0 Å². The predicted molar refractivity (Wildman–Crippen MR) is 278 cm³/mol. The molecule has 14 rings (SSSR count). The summed E-state index contributed by atoms with van der Waals surface area (Å²) in [5.74, 6) is 0.718. The fourth-order valence-electron chi connectivity index (χ4n) is 10.6. The van der Waals surface area contributed by atoms with Crippen LogP contribution in [0.4, 0.5) is 0 Å². The third kappa shape index (κ3) is 5.66. The zero-order valence-corrected chi connectivity index (χ0v) is 35.9. The highest BCUT2D eigenvalue weighted by molar-refractivity contribution is 7.25. The van der Waals surface area contributed by atoms with Gasteiger partial charge in [0.2, 0.25) is 0 Å². The van der Waals surface area contributed by atoms with E-state index in [9.17, 15) is 0 Å². The minimum atomic E-state index is 0.718. The Bertz CT molecular complexity index is 4200. The molecule has 0 N–H and O–H groups in total. The minimum Gasteiger partial charge on any atom is -0.228 e. The van der Waals surface area contributed by atoms with Crippen LogP contribution in [0.3, 0.4) is 0 Å². The first-order chi connectivity index (χ1) is 32.2. The molecule has 65 heavy (non-hydrogen) atoms. The van der Waals surface area contributed by atoms with Crippen molar-refractivity contribution in [2.75, 3.05) is 0 Å². The third-order valence-corrected chi connectivity index (χ3v) is 14.7. The van der Waals surface area contributed by atoms with Crippen LogP contribution >= 0.6 is 11.3 Å². The molecule has 0 unspecified atom stereocenters. The zero-order valence-electron chi connectivity index (χ0n) is 35.1. The molecule has 0 amide bonds. The summed E-state index contributed by atoms with van der Waals surface area (Å²) in [6.07, 6.45) is 0. The van der Waals surface area contributed by atoms with Gasteiger partial charge < -0.3 is 0 Å². The highest BCUT2D eigenvalue weighted by atomic mass is 32.1. The first-order valence-corrected chi connectivity index (χ1v) is 23.0. The topological polar surface area (TPSA) is 25.8 Å². The molecule has 2 heterocycles. The standard InChI is InChI=1S/C62H36N2S/c1-2-10-44(11-3-1)62-63-53(36-54(64-62)50-19-9-21-56-61(50)51-15-4-5-20-55(51)65-56)40-28-26-38(27-29-40)37-22-24-39(25-23-37)46-34-45-33-32-43-13-7-17-48-47-16-6-12-41-30-31-42-14-8-18-49(59(42)57(41)47)52(35-46)60(45)58(43)48/h1-36H. The molecule has 0 aliphatic heterocycles. The summed E-state index contributed by atoms with van der Waals surface area (Å²) in [5, 5.41) is 18.0. The molecule has 0 aliphatic carbocycles. The molecular formula is C62H36N2S. The Labute approximate surface area is 378 Å². The number of aromatic nitrogens is 2. The fourth-order valence-corrected chi connectivity index (χ4v) is 11.7. The Kier molecular flexibility index (Phi) is 7.89. The Morgan fingerprint density at radius 2 is 0.754 bits per heavy atom. The van der Waals surface area contributed by atoms with Gasteiger partial charge in [0.15, 0.2) is 5.82 Å². The lowest BCUT2D eigenvalue weighted by Gasteiger charge is -2.17. The van der Waals surface area contributed by atoms with E-state index in [0.29, 0.717) is 0 Å². The lowest BCUT2D eigenvalue weighted by Crippen LogP contribution is -1.96. The van der Waals surface area contributed by atoms with Gasteiger partial charge in [-0.3, -0.25) is 0 Å². The molecule has 0 fully saturated rings. The largest absolute Gasteiger partial charge is 0.228 e. The Morgan fingerprint density at radius 1 is 0.262 bits per heavy atom. The monoisotopic (exact) mass is 840 g/mol. The van der Waals surface area contributed by atoms with E-state index in [2.05, 4.69) is 200 Å². The summed E-state index contributed by atoms with van der Waals surface area (Å²) in [5.41, 5.74) is 9.72. The van der Waals surface area contributed by atoms with Crippen molar-refractivity contribution in [2.45, 2.75) is 0 Å². The first-order valence-electron chi connectivity index (χ1n) is 22.2. The van der Waals surface area contributed by atoms with Gasteiger partial charge in [0.25, 0.3) is 0 Å². The van der Waals surface area contributed by atoms with Crippen LogP contribution in [0.15, 0.2) is 218 Å². The van der Waals surface area contributed by atoms with Crippen LogP contribution in [0.25, 0.3) is 141 Å². The van der Waals surface area contributed by atoms with E-state index in [0.717, 1.165) is 39.5 Å². The summed E-state index contributed by atoms with van der Waals surface area (Å²) in [6, 6.07) is 79.9. The average molecular weight is 841 g/mol. The second-order valence-electron chi connectivity index (χ2n) is 17.2. The maximum atomic E-state index is 5.21. The lowest BCUT2D eigenvalue weighted by molar-refractivity contribution is 1.19. The van der Waals surface area contributed by atoms with E-state index in [1.165, 1.54) is 101 Å². The van der Waals surface area contributed by atoms with E-state index in [1.54, 1.807) is 0 Å². The maximum absolute atomic E-state index is 5.21. The highest BCUT2D eigenvalue weighted by Crippen LogP contribution is 2.45. The van der Waals surface area contributed by atoms with Crippen molar-refractivity contribution in [1.29, 1.82) is 0 Å². The molecule has 0 saturated heterocycles. The van der Waals surface area contributed by atoms with Crippen molar-refractivity contribution in [1.82, 2.24) is 9.97 Å². The van der Waals surface area contributed by atoms with Crippen molar-refractivity contribution >= 4 is 96.1 Å². The van der Waals surface area contributed by atoms with Gasteiger partial charge in [-0.15, -0.1) is 11.3 Å². The van der Waals surface area contributed by atoms with E-state index in [-0.39, 0.29) is 0 Å². The second kappa shape index (κ2) is 14.1. The number of hydrogen-bond acceptors (Lipinski definition) is 3. The van der Waals surface area contributed by atoms with E-state index in [1.807, 2.05) is 29.5 Å². The average Bonchev–Trinajstić information content (AvgIpc) is 3.76. The van der Waals surface area contributed by atoms with Gasteiger partial charge >= 0.3 is 0 Å². The Balaban J connectivity index is 0.872. The van der Waals surface area contributed by atoms with Gasteiger partial charge in [0.1, 0.15) is 0 Å². The molecule has 2 aromatic heterocycles. The van der Waals surface area contributed by atoms with Gasteiger partial charge in [0.05, 0.1) is 11.4 Å². The van der Waals surface area contributed by atoms with Crippen LogP contribution in [0, 0.1) is 0 Å². The van der Waals surface area contributed by atoms with Gasteiger partial charge in [-0.25, -0.2) is 9.97 Å². The molecular weight excluding hydrogens is 805 g/mol. The van der Waals surface area contributed by atoms with Crippen LogP contribution < -0.4 is 0 Å². The molecule has 0 atom stereocenters. The molecule has 2 nitrogen and oxygen atoms in total. The van der Waals surface area contributed by atoms with Gasteiger partial charge in [0, 0.05) is 36.9 Å². The second-order valence-corrected chi connectivity index (χ2v) is 18.3. The van der Waals surface area contributed by atoms with Crippen molar-refractivity contribution in [2.24, 2.45) is 0 Å². The van der Waals surface area contributed by atoms with E-state index in [4.69, 9.17) is 9.97 Å². The van der Waals surface area contributed by atoms with Crippen molar-refractivity contribution < 1.29 is 0 Å². The smallest absolute Gasteiger partial charge is 0.160 e. The fraction of sp³-hybridized carbons (Fsp3) is 0. The molecule has 0 saturated carbocycles. The third-order valence-electron chi connectivity index (χ3n) is 13.6. The molecule has 14 aromatic rings. The van der Waals surface area contributed by atoms with Crippen LogP contribution in [0.2, 0.25) is 0 Å². The zero-order chi connectivity index (χ0) is 42.6. The van der Waals surface area contributed by atoms with Crippen molar-refractivity contribution in [3.63, 3.8) is 0 Å². The molecule has 0 bridgehead atoms. The molecule has 0 aliphatic rings. The Morgan fingerprint density at radius 3 is 1.42 bits per heavy atom. The van der Waals surface area contributed by atoms with Crippen molar-refractivity contribution in [3.05, 3.63) is 218 Å². The molecule has 0 spiro atoms. The highest BCUT2D eigenvalue weighted by Gasteiger charge is 2.18. The number of benzene rings is 11. The van der Waals surface area contributed by atoms with Crippen LogP contribution in [-0.2, 0) is 0 Å². The van der Waals surface area contributed by atoms with Gasteiger partial charge in [-0.05, 0) is 117 Å². The van der Waals surface area contributed by atoms with Crippen LogP contribution in [0.5, 0.6) is 0 Å². The van der Waals surface area contributed by atoms with E-state index >= 15 is 0 Å². The number of rotatable bonds is 5. The van der Waals surface area contributed by atoms with Gasteiger partial charge in [-0.1, -0.05) is 188 Å². The Hall–Kier alpha value is -8.24. The molecule has 12 aromatic carbocycles. The van der Waals surface area contributed by atoms with Crippen molar-refractivity contribution in [3.8, 4) is 56.2 Å². The molecule has 300 valence electrons. The minimum absolute atomic E-state index is 0.718. The number of nitrogens with zero attached hydrogens (tertiary/aromatic N) is 2. The van der Waals surface area contributed by atoms with Crippen LogP contribution in [-0.4, -0.2) is 9.97 Å². The molecule has 3 heteroatoms. The maximum Gasteiger partial charge on any atom is 0.160 e. The summed E-state index contributed by atoms with van der Waals surface area (Å²) < 4.78 is 2.54. The number of thiophene rings is 1. The van der Waals surface area contributed by atoms with Gasteiger partial charge in [-0.2, -0.15) is 0 Å². The number of hydrogen-bond donors (Lipinski definition) is 0. The van der Waals surface area contributed by atoms with Crippen LogP contribution in [0.1, 0.15) is 0 Å². The summed E-state index contributed by atoms with van der Waals surface area (Å²) >= 11 is 1.83. The number of fused-ring (bicyclic) bond motifs is 5.